The summed E-state index contributed by atoms with van der Waals surface area (Å²) in [7, 11) is 1.32. The van der Waals surface area contributed by atoms with E-state index in [9.17, 15) is 4.79 Å². The Morgan fingerprint density at radius 1 is 1.06 bits per heavy atom. The average Bonchev–Trinajstić information content (AvgIpc) is 3.51. The number of aryl methyl sites for hydroxylation is 2. The molecule has 0 unspecified atom stereocenters. The number of pyridine rings is 1. The van der Waals surface area contributed by atoms with E-state index in [-0.39, 0.29) is 5.41 Å². The smallest absolute Gasteiger partial charge is 0.412 e. The number of thiazole rings is 1. The van der Waals surface area contributed by atoms with Crippen LogP contribution < -0.4 is 16.0 Å². The highest BCUT2D eigenvalue weighted by molar-refractivity contribution is 7.15. The van der Waals surface area contributed by atoms with Gasteiger partial charge in [0.15, 0.2) is 5.13 Å². The van der Waals surface area contributed by atoms with Crippen molar-refractivity contribution in [2.75, 3.05) is 29.7 Å². The van der Waals surface area contributed by atoms with Gasteiger partial charge in [-0.15, -0.1) is 11.3 Å². The van der Waals surface area contributed by atoms with Gasteiger partial charge in [0, 0.05) is 28.8 Å². The van der Waals surface area contributed by atoms with Gasteiger partial charge >= 0.3 is 6.09 Å². The first-order valence-electron chi connectivity index (χ1n) is 11.7. The normalized spacial score (nSPS) is 11.2. The molecule has 0 atom stereocenters. The van der Waals surface area contributed by atoms with Crippen molar-refractivity contribution in [1.29, 1.82) is 0 Å². The summed E-state index contributed by atoms with van der Waals surface area (Å²) in [6.45, 7) is 6.99. The maximum Gasteiger partial charge on any atom is 0.412 e. The summed E-state index contributed by atoms with van der Waals surface area (Å²) in [5.41, 5.74) is 3.04. The SMILES string of the molecule is COC(=O)Nc1cc(CCc2cnc(NCNc3cc(C(C)(C)C)nn3-c3ccccc3)s2)ccn1. The molecule has 0 aliphatic rings. The van der Waals surface area contributed by atoms with Gasteiger partial charge in [0.05, 0.1) is 25.2 Å². The van der Waals surface area contributed by atoms with Crippen molar-refractivity contribution in [2.45, 2.75) is 39.0 Å². The quantitative estimate of drug-likeness (QED) is 0.259. The molecule has 3 heterocycles. The molecule has 0 saturated heterocycles. The zero-order valence-corrected chi connectivity index (χ0v) is 21.7. The highest BCUT2D eigenvalue weighted by atomic mass is 32.1. The standard InChI is InChI=1S/C26H31N7O2S/c1-26(2,3)21-15-23(33(32-21)19-8-6-5-7-9-19)29-17-30-24-28-16-20(36-24)11-10-18-12-13-27-22(14-18)31-25(34)35-4/h5-9,12-16,29H,10-11,17H2,1-4H3,(H,28,30)(H,27,31,34). The van der Waals surface area contributed by atoms with Crippen LogP contribution in [-0.4, -0.2) is 39.6 Å². The van der Waals surface area contributed by atoms with Crippen molar-refractivity contribution in [3.05, 3.63) is 77.1 Å². The van der Waals surface area contributed by atoms with Crippen molar-refractivity contribution in [3.8, 4) is 5.69 Å². The van der Waals surface area contributed by atoms with E-state index >= 15 is 0 Å². The molecule has 36 heavy (non-hydrogen) atoms. The predicted octanol–water partition coefficient (Wildman–Crippen LogP) is 5.47. The molecule has 3 N–H and O–H groups in total. The van der Waals surface area contributed by atoms with Gasteiger partial charge in [-0.05, 0) is 42.7 Å². The summed E-state index contributed by atoms with van der Waals surface area (Å²) >= 11 is 1.63. The summed E-state index contributed by atoms with van der Waals surface area (Å²) in [6, 6.07) is 16.0. The molecule has 0 aliphatic carbocycles. The van der Waals surface area contributed by atoms with Crippen LogP contribution in [0.2, 0.25) is 0 Å². The number of amides is 1. The molecular formula is C26H31N7O2S. The highest BCUT2D eigenvalue weighted by Gasteiger charge is 2.20. The van der Waals surface area contributed by atoms with Crippen molar-refractivity contribution in [1.82, 2.24) is 19.7 Å². The fraction of sp³-hybridized carbons (Fsp3) is 0.308. The van der Waals surface area contributed by atoms with Crippen molar-refractivity contribution >= 4 is 34.2 Å². The number of hydrogen-bond donors (Lipinski definition) is 3. The summed E-state index contributed by atoms with van der Waals surface area (Å²) in [5, 5.41) is 15.1. The van der Waals surface area contributed by atoms with Crippen LogP contribution in [0.15, 0.2) is 60.9 Å². The van der Waals surface area contributed by atoms with Gasteiger partial charge in [0.1, 0.15) is 11.6 Å². The zero-order chi connectivity index (χ0) is 25.5. The molecule has 0 aliphatic heterocycles. The second kappa shape index (κ2) is 11.2. The average molecular weight is 506 g/mol. The number of benzene rings is 1. The molecule has 0 bridgehead atoms. The number of aromatic nitrogens is 4. The molecule has 0 saturated carbocycles. The van der Waals surface area contributed by atoms with E-state index in [1.165, 1.54) is 12.0 Å². The van der Waals surface area contributed by atoms with Gasteiger partial charge in [-0.25, -0.2) is 19.4 Å². The number of methoxy groups -OCH3 is 1. The lowest BCUT2D eigenvalue weighted by Gasteiger charge is -2.14. The molecule has 188 valence electrons. The summed E-state index contributed by atoms with van der Waals surface area (Å²) in [4.78, 5) is 21.2. The van der Waals surface area contributed by atoms with Crippen LogP contribution in [0, 0.1) is 0 Å². The molecule has 9 nitrogen and oxygen atoms in total. The fourth-order valence-electron chi connectivity index (χ4n) is 3.48. The molecule has 0 radical (unpaired) electrons. The highest BCUT2D eigenvalue weighted by Crippen LogP contribution is 2.26. The van der Waals surface area contributed by atoms with Crippen LogP contribution in [0.3, 0.4) is 0 Å². The van der Waals surface area contributed by atoms with E-state index in [4.69, 9.17) is 5.10 Å². The Balaban J connectivity index is 1.34. The molecule has 1 amide bonds. The van der Waals surface area contributed by atoms with E-state index in [0.717, 1.165) is 40.7 Å². The van der Waals surface area contributed by atoms with Gasteiger partial charge in [-0.2, -0.15) is 5.10 Å². The molecular weight excluding hydrogens is 474 g/mol. The fourth-order valence-corrected chi connectivity index (χ4v) is 4.28. The summed E-state index contributed by atoms with van der Waals surface area (Å²) < 4.78 is 6.56. The van der Waals surface area contributed by atoms with Crippen molar-refractivity contribution in [2.24, 2.45) is 0 Å². The lowest BCUT2D eigenvalue weighted by molar-refractivity contribution is 0.187. The number of carbonyl (C=O) groups is 1. The first-order chi connectivity index (χ1) is 17.3. The van der Waals surface area contributed by atoms with E-state index in [2.05, 4.69) is 57.5 Å². The minimum atomic E-state index is -0.534. The minimum absolute atomic E-state index is 0.0565. The molecule has 0 spiro atoms. The lowest BCUT2D eigenvalue weighted by atomic mass is 9.92. The Kier molecular flexibility index (Phi) is 7.84. The predicted molar refractivity (Wildman–Crippen MR) is 144 cm³/mol. The first-order valence-corrected chi connectivity index (χ1v) is 12.5. The second-order valence-corrected chi connectivity index (χ2v) is 10.4. The molecule has 4 rings (SSSR count). The number of ether oxygens (including phenoxy) is 1. The molecule has 10 heteroatoms. The zero-order valence-electron chi connectivity index (χ0n) is 20.9. The Morgan fingerprint density at radius 2 is 1.86 bits per heavy atom. The van der Waals surface area contributed by atoms with Crippen LogP contribution in [-0.2, 0) is 23.0 Å². The Hall–Kier alpha value is -3.92. The Bertz CT molecular complexity index is 1300. The minimum Gasteiger partial charge on any atom is -0.453 e. The number of hydrogen-bond acceptors (Lipinski definition) is 8. The van der Waals surface area contributed by atoms with Gasteiger partial charge in [0.2, 0.25) is 0 Å². The molecule has 0 fully saturated rings. The maximum absolute atomic E-state index is 11.4. The molecule has 3 aromatic heterocycles. The number of carbonyl (C=O) groups excluding carboxylic acids is 1. The Labute approximate surface area is 214 Å². The second-order valence-electron chi connectivity index (χ2n) is 9.24. The number of para-hydroxylation sites is 1. The van der Waals surface area contributed by atoms with Crippen LogP contribution in [0.25, 0.3) is 5.69 Å². The van der Waals surface area contributed by atoms with E-state index in [1.54, 1.807) is 17.5 Å². The van der Waals surface area contributed by atoms with Crippen LogP contribution in [0.1, 0.15) is 36.9 Å². The topological polar surface area (TPSA) is 106 Å². The first kappa shape index (κ1) is 25.2. The third-order valence-electron chi connectivity index (χ3n) is 5.44. The number of nitrogens with zero attached hydrogens (tertiary/aromatic N) is 4. The summed E-state index contributed by atoms with van der Waals surface area (Å²) in [6.07, 6.45) is 4.69. The summed E-state index contributed by atoms with van der Waals surface area (Å²) in [5.74, 6) is 1.39. The van der Waals surface area contributed by atoms with E-state index < -0.39 is 6.09 Å². The van der Waals surface area contributed by atoms with Crippen molar-refractivity contribution < 1.29 is 9.53 Å². The van der Waals surface area contributed by atoms with Gasteiger partial charge < -0.3 is 15.4 Å². The van der Waals surface area contributed by atoms with E-state index in [0.29, 0.717) is 12.5 Å². The van der Waals surface area contributed by atoms with Crippen LogP contribution >= 0.6 is 11.3 Å². The van der Waals surface area contributed by atoms with E-state index in [1.807, 2.05) is 53.3 Å². The van der Waals surface area contributed by atoms with Gasteiger partial charge in [-0.1, -0.05) is 39.0 Å². The monoisotopic (exact) mass is 505 g/mol. The molecule has 4 aromatic rings. The Morgan fingerprint density at radius 3 is 2.61 bits per heavy atom. The number of anilines is 3. The van der Waals surface area contributed by atoms with Crippen LogP contribution in [0.5, 0.6) is 0 Å². The van der Waals surface area contributed by atoms with Crippen molar-refractivity contribution in [3.63, 3.8) is 0 Å². The van der Waals surface area contributed by atoms with Gasteiger partial charge in [0.25, 0.3) is 0 Å². The third-order valence-corrected chi connectivity index (χ3v) is 6.46. The number of rotatable bonds is 9. The number of nitrogens with one attached hydrogen (secondary N) is 3. The van der Waals surface area contributed by atoms with Crippen LogP contribution in [0.4, 0.5) is 21.6 Å². The lowest BCUT2D eigenvalue weighted by Crippen LogP contribution is -2.14. The third kappa shape index (κ3) is 6.60. The molecule has 1 aromatic carbocycles. The largest absolute Gasteiger partial charge is 0.453 e. The maximum atomic E-state index is 11.4. The van der Waals surface area contributed by atoms with Gasteiger partial charge in [-0.3, -0.25) is 5.32 Å².